The predicted octanol–water partition coefficient (Wildman–Crippen LogP) is 4.03. The van der Waals surface area contributed by atoms with Crippen molar-refractivity contribution >= 4 is 22.5 Å². The summed E-state index contributed by atoms with van der Waals surface area (Å²) in [6.07, 6.45) is -0.213. The SMILES string of the molecule is O.O=C(CCc1cccnc1)Cc1ccc(NS(=O)c2ccccc2OC(F)(F)F)cc1. The van der Waals surface area contributed by atoms with Gasteiger partial charge in [0.15, 0.2) is 11.0 Å². The normalized spacial score (nSPS) is 11.8. The fraction of sp³-hybridized carbons (Fsp3) is 0.182. The van der Waals surface area contributed by atoms with E-state index in [-0.39, 0.29) is 22.6 Å². The standard InChI is InChI=1S/C22H19F3N2O3S.H2O/c23-22(24,25)30-20-5-1-2-6-21(20)31(29)27-18-10-7-16(8-11-18)14-19(28)12-9-17-4-3-13-26-15-17;/h1-8,10-11,13,15,27H,9,12,14H2;1H2. The molecule has 1 unspecified atom stereocenters. The van der Waals surface area contributed by atoms with Gasteiger partial charge >= 0.3 is 6.36 Å². The summed E-state index contributed by atoms with van der Waals surface area (Å²) in [5.74, 6) is -0.456. The zero-order valence-corrected chi connectivity index (χ0v) is 17.6. The number of alkyl halides is 3. The number of hydrogen-bond acceptors (Lipinski definition) is 4. The topological polar surface area (TPSA) is 99.8 Å². The van der Waals surface area contributed by atoms with Crippen molar-refractivity contribution in [1.82, 2.24) is 4.98 Å². The van der Waals surface area contributed by atoms with Crippen molar-refractivity contribution in [1.29, 1.82) is 0 Å². The van der Waals surface area contributed by atoms with Gasteiger partial charge in [-0.05, 0) is 47.9 Å². The summed E-state index contributed by atoms with van der Waals surface area (Å²) >= 11 is 0. The van der Waals surface area contributed by atoms with Gasteiger partial charge in [-0.2, -0.15) is 0 Å². The summed E-state index contributed by atoms with van der Waals surface area (Å²) in [6.45, 7) is 0. The number of carbonyl (C=O) groups is 1. The second-order valence-electron chi connectivity index (χ2n) is 6.64. The number of hydrogen-bond donors (Lipinski definition) is 1. The van der Waals surface area contributed by atoms with Gasteiger partial charge in [0.25, 0.3) is 0 Å². The molecule has 1 aromatic heterocycles. The number of para-hydroxylation sites is 1. The maximum absolute atomic E-state index is 12.5. The van der Waals surface area contributed by atoms with Crippen LogP contribution in [0, 0.1) is 0 Å². The lowest BCUT2D eigenvalue weighted by molar-refractivity contribution is -0.275. The monoisotopic (exact) mass is 466 g/mol. The number of ether oxygens (including phenoxy) is 1. The highest BCUT2D eigenvalue weighted by Gasteiger charge is 2.32. The summed E-state index contributed by atoms with van der Waals surface area (Å²) < 4.78 is 56.7. The van der Waals surface area contributed by atoms with Gasteiger partial charge in [-0.15, -0.1) is 13.2 Å². The number of benzene rings is 2. The fourth-order valence-electron chi connectivity index (χ4n) is 2.81. The van der Waals surface area contributed by atoms with E-state index in [0.717, 1.165) is 17.2 Å². The lowest BCUT2D eigenvalue weighted by atomic mass is 10.0. The molecular formula is C22H21F3N2O4S. The molecule has 10 heteroatoms. The van der Waals surface area contributed by atoms with Crippen molar-refractivity contribution in [2.75, 3.05) is 4.72 Å². The van der Waals surface area contributed by atoms with Gasteiger partial charge in [0, 0.05) is 30.9 Å². The van der Waals surface area contributed by atoms with Crippen LogP contribution in [0.2, 0.25) is 0 Å². The fourth-order valence-corrected chi connectivity index (χ4v) is 3.77. The van der Waals surface area contributed by atoms with E-state index in [1.165, 1.54) is 18.2 Å². The second kappa shape index (κ2) is 11.4. The number of nitrogens with zero attached hydrogens (tertiary/aromatic N) is 1. The summed E-state index contributed by atoms with van der Waals surface area (Å²) in [4.78, 5) is 16.1. The van der Waals surface area contributed by atoms with Crippen LogP contribution in [0.3, 0.4) is 0 Å². The summed E-state index contributed by atoms with van der Waals surface area (Å²) in [6, 6.07) is 15.6. The molecule has 0 aliphatic heterocycles. The molecule has 0 aliphatic carbocycles. The minimum atomic E-state index is -4.88. The number of nitrogens with one attached hydrogen (secondary N) is 1. The van der Waals surface area contributed by atoms with E-state index in [9.17, 15) is 22.2 Å². The number of aromatic nitrogens is 1. The number of ketones is 1. The third-order valence-corrected chi connectivity index (χ3v) is 5.41. The van der Waals surface area contributed by atoms with Crippen LogP contribution < -0.4 is 9.46 Å². The Kier molecular flexibility index (Phi) is 8.91. The van der Waals surface area contributed by atoms with Crippen LogP contribution in [0.1, 0.15) is 17.5 Å². The van der Waals surface area contributed by atoms with Crippen molar-refractivity contribution in [3.8, 4) is 5.75 Å². The molecule has 0 fully saturated rings. The number of carbonyl (C=O) groups excluding carboxylic acids is 1. The first-order chi connectivity index (χ1) is 14.8. The third kappa shape index (κ3) is 7.78. The maximum Gasteiger partial charge on any atom is 0.573 e. The number of rotatable bonds is 9. The zero-order chi connectivity index (χ0) is 22.3. The van der Waals surface area contributed by atoms with E-state index in [2.05, 4.69) is 14.4 Å². The average molecular weight is 466 g/mol. The van der Waals surface area contributed by atoms with Crippen LogP contribution in [-0.4, -0.2) is 26.8 Å². The van der Waals surface area contributed by atoms with E-state index >= 15 is 0 Å². The van der Waals surface area contributed by atoms with Crippen molar-refractivity contribution in [2.24, 2.45) is 0 Å². The highest BCUT2D eigenvalue weighted by molar-refractivity contribution is 7.86. The van der Waals surface area contributed by atoms with Gasteiger partial charge in [-0.25, -0.2) is 4.21 Å². The average Bonchev–Trinajstić information content (AvgIpc) is 2.73. The number of halogens is 3. The molecule has 170 valence electrons. The van der Waals surface area contributed by atoms with Crippen LogP contribution in [0.4, 0.5) is 18.9 Å². The number of anilines is 1. The molecule has 2 aromatic carbocycles. The molecule has 1 atom stereocenters. The molecule has 0 bridgehead atoms. The quantitative estimate of drug-likeness (QED) is 0.515. The number of aryl methyl sites for hydroxylation is 1. The Hall–Kier alpha value is -3.24. The molecule has 0 saturated heterocycles. The van der Waals surface area contributed by atoms with E-state index in [4.69, 9.17) is 0 Å². The largest absolute Gasteiger partial charge is 0.573 e. The molecule has 0 saturated carbocycles. The maximum atomic E-state index is 12.5. The first-order valence-electron chi connectivity index (χ1n) is 9.33. The van der Waals surface area contributed by atoms with E-state index < -0.39 is 23.1 Å². The van der Waals surface area contributed by atoms with Crippen LogP contribution >= 0.6 is 0 Å². The zero-order valence-electron chi connectivity index (χ0n) is 16.8. The van der Waals surface area contributed by atoms with Crippen LogP contribution in [-0.2, 0) is 28.6 Å². The molecule has 32 heavy (non-hydrogen) atoms. The second-order valence-corrected chi connectivity index (χ2v) is 7.82. The Morgan fingerprint density at radius 2 is 1.72 bits per heavy atom. The van der Waals surface area contributed by atoms with Crippen molar-refractivity contribution in [3.63, 3.8) is 0 Å². The van der Waals surface area contributed by atoms with Crippen molar-refractivity contribution in [3.05, 3.63) is 84.2 Å². The first kappa shape index (κ1) is 25.0. The Labute approximate surface area is 185 Å². The predicted molar refractivity (Wildman–Crippen MR) is 114 cm³/mol. The Bertz CT molecular complexity index is 1050. The molecule has 1 heterocycles. The molecule has 6 nitrogen and oxygen atoms in total. The van der Waals surface area contributed by atoms with E-state index in [1.54, 1.807) is 36.7 Å². The molecule has 0 radical (unpaired) electrons. The Balaban J connectivity index is 0.00000363. The summed E-state index contributed by atoms with van der Waals surface area (Å²) in [5.41, 5.74) is 2.22. The number of Topliss-reactive ketones (excluding diaryl/α,β-unsaturated/α-hetero) is 1. The van der Waals surface area contributed by atoms with Gasteiger partial charge in [-0.1, -0.05) is 30.3 Å². The lowest BCUT2D eigenvalue weighted by Crippen LogP contribution is -2.19. The summed E-state index contributed by atoms with van der Waals surface area (Å²) in [5, 5.41) is 0. The van der Waals surface area contributed by atoms with Crippen molar-refractivity contribution in [2.45, 2.75) is 30.5 Å². The molecule has 3 rings (SSSR count). The molecule has 0 spiro atoms. The minimum absolute atomic E-state index is 0. The van der Waals surface area contributed by atoms with E-state index in [0.29, 0.717) is 18.5 Å². The Morgan fingerprint density at radius 3 is 2.38 bits per heavy atom. The van der Waals surface area contributed by atoms with Crippen molar-refractivity contribution < 1.29 is 32.4 Å². The minimum Gasteiger partial charge on any atom is -0.412 e. The van der Waals surface area contributed by atoms with Crippen LogP contribution in [0.25, 0.3) is 0 Å². The molecule has 0 amide bonds. The first-order valence-corrected chi connectivity index (χ1v) is 10.5. The van der Waals surface area contributed by atoms with Gasteiger partial charge in [0.2, 0.25) is 0 Å². The van der Waals surface area contributed by atoms with Gasteiger partial charge in [0.1, 0.15) is 16.4 Å². The van der Waals surface area contributed by atoms with Crippen LogP contribution in [0.5, 0.6) is 5.75 Å². The molecular weight excluding hydrogens is 445 g/mol. The molecule has 3 aromatic rings. The molecule has 3 N–H and O–H groups in total. The van der Waals surface area contributed by atoms with Gasteiger partial charge < -0.3 is 14.9 Å². The van der Waals surface area contributed by atoms with Gasteiger partial charge in [0.05, 0.1) is 0 Å². The smallest absolute Gasteiger partial charge is 0.412 e. The highest BCUT2D eigenvalue weighted by Crippen LogP contribution is 2.29. The van der Waals surface area contributed by atoms with E-state index in [1.807, 2.05) is 12.1 Å². The lowest BCUT2D eigenvalue weighted by Gasteiger charge is -2.13. The third-order valence-electron chi connectivity index (χ3n) is 4.26. The number of pyridine rings is 1. The van der Waals surface area contributed by atoms with Crippen LogP contribution in [0.15, 0.2) is 78.0 Å². The molecule has 0 aliphatic rings. The summed E-state index contributed by atoms with van der Waals surface area (Å²) in [7, 11) is -1.97. The highest BCUT2D eigenvalue weighted by atomic mass is 32.2. The Morgan fingerprint density at radius 1 is 1.00 bits per heavy atom. The van der Waals surface area contributed by atoms with Gasteiger partial charge in [-0.3, -0.25) is 9.78 Å².